The molecule has 0 unspecified atom stereocenters. The number of anilines is 1. The lowest BCUT2D eigenvalue weighted by molar-refractivity contribution is 0.188. The minimum absolute atomic E-state index is 0.248. The van der Waals surface area contributed by atoms with Crippen LogP contribution in [0.2, 0.25) is 0 Å². The van der Waals surface area contributed by atoms with Crippen molar-refractivity contribution in [1.82, 2.24) is 9.55 Å². The Morgan fingerprint density at radius 2 is 1.89 bits per heavy atom. The van der Waals surface area contributed by atoms with Crippen molar-refractivity contribution < 1.29 is 9.13 Å². The molecular weight excluding hydrogens is 341 g/mol. The van der Waals surface area contributed by atoms with Crippen LogP contribution < -0.4 is 5.32 Å². The van der Waals surface area contributed by atoms with E-state index in [-0.39, 0.29) is 5.82 Å². The maximum Gasteiger partial charge on any atom is 0.203 e. The molecule has 0 bridgehead atoms. The lowest BCUT2D eigenvalue weighted by Gasteiger charge is -2.13. The number of aromatic nitrogens is 2. The van der Waals surface area contributed by atoms with Gasteiger partial charge in [-0.15, -0.1) is 0 Å². The van der Waals surface area contributed by atoms with Crippen LogP contribution in [0.25, 0.3) is 17.3 Å². The zero-order valence-electron chi connectivity index (χ0n) is 15.7. The number of hydrogen-bond acceptors (Lipinski definition) is 3. The lowest BCUT2D eigenvalue weighted by atomic mass is 10.1. The van der Waals surface area contributed by atoms with Crippen LogP contribution in [0.1, 0.15) is 12.5 Å². The van der Waals surface area contributed by atoms with E-state index >= 15 is 0 Å². The van der Waals surface area contributed by atoms with Gasteiger partial charge >= 0.3 is 0 Å². The van der Waals surface area contributed by atoms with Crippen LogP contribution in [0.3, 0.4) is 0 Å². The number of nitrogens with one attached hydrogen (secondary N) is 1. The van der Waals surface area contributed by atoms with E-state index in [2.05, 4.69) is 40.0 Å². The molecule has 0 aliphatic carbocycles. The fraction of sp³-hybridized carbons (Fsp3) is 0.227. The van der Waals surface area contributed by atoms with Crippen molar-refractivity contribution in [2.75, 3.05) is 25.6 Å². The predicted octanol–water partition coefficient (Wildman–Crippen LogP) is 4.85. The quantitative estimate of drug-likeness (QED) is 0.620. The van der Waals surface area contributed by atoms with E-state index in [1.807, 2.05) is 24.4 Å². The van der Waals surface area contributed by atoms with Crippen LogP contribution in [0.15, 0.2) is 66.4 Å². The van der Waals surface area contributed by atoms with E-state index in [1.165, 1.54) is 23.3 Å². The third kappa shape index (κ3) is 5.05. The SMILES string of the molecule is COCCn1c(-c2ccc(F)cc2)cnc1NCC(C)=Cc1ccccc1. The first kappa shape index (κ1) is 18.9. The first-order valence-corrected chi connectivity index (χ1v) is 8.94. The van der Waals surface area contributed by atoms with Crippen LogP contribution in [0, 0.1) is 5.82 Å². The van der Waals surface area contributed by atoms with E-state index in [1.54, 1.807) is 19.2 Å². The molecule has 4 nitrogen and oxygen atoms in total. The zero-order chi connectivity index (χ0) is 19.1. The monoisotopic (exact) mass is 365 g/mol. The molecule has 1 aromatic heterocycles. The van der Waals surface area contributed by atoms with E-state index in [0.29, 0.717) is 19.7 Å². The summed E-state index contributed by atoms with van der Waals surface area (Å²) in [7, 11) is 1.67. The Morgan fingerprint density at radius 1 is 1.15 bits per heavy atom. The highest BCUT2D eigenvalue weighted by Gasteiger charge is 2.11. The maximum absolute atomic E-state index is 13.2. The normalized spacial score (nSPS) is 11.6. The van der Waals surface area contributed by atoms with Crippen LogP contribution >= 0.6 is 0 Å². The van der Waals surface area contributed by atoms with Crippen molar-refractivity contribution in [3.05, 3.63) is 77.7 Å². The van der Waals surface area contributed by atoms with Gasteiger partial charge in [-0.3, -0.25) is 0 Å². The van der Waals surface area contributed by atoms with Gasteiger partial charge in [0, 0.05) is 25.8 Å². The molecule has 0 atom stereocenters. The molecule has 0 saturated carbocycles. The standard InChI is InChI=1S/C22H24FN3O/c1-17(14-18-6-4-3-5-7-18)15-24-22-25-16-21(26(22)12-13-27-2)19-8-10-20(23)11-9-19/h3-11,14,16H,12-13,15H2,1-2H3,(H,24,25). The van der Waals surface area contributed by atoms with Crippen LogP contribution in [-0.2, 0) is 11.3 Å². The van der Waals surface area contributed by atoms with Gasteiger partial charge in [-0.25, -0.2) is 9.37 Å². The van der Waals surface area contributed by atoms with Gasteiger partial charge in [-0.1, -0.05) is 42.0 Å². The summed E-state index contributed by atoms with van der Waals surface area (Å²) >= 11 is 0. The van der Waals surface area contributed by atoms with Gasteiger partial charge in [0.1, 0.15) is 5.82 Å². The maximum atomic E-state index is 13.2. The second kappa shape index (κ2) is 9.14. The van der Waals surface area contributed by atoms with E-state index in [0.717, 1.165) is 17.2 Å². The van der Waals surface area contributed by atoms with Crippen LogP contribution in [0.5, 0.6) is 0 Å². The molecule has 1 N–H and O–H groups in total. The molecule has 140 valence electrons. The smallest absolute Gasteiger partial charge is 0.203 e. The van der Waals surface area contributed by atoms with Crippen LogP contribution in [0.4, 0.5) is 10.3 Å². The molecule has 3 rings (SSSR count). The van der Waals surface area contributed by atoms with Gasteiger partial charge in [-0.05, 0) is 36.8 Å². The molecule has 0 fully saturated rings. The Bertz CT molecular complexity index is 886. The molecule has 3 aromatic rings. The molecular formula is C22H24FN3O. The minimum atomic E-state index is -0.248. The number of methoxy groups -OCH3 is 1. The largest absolute Gasteiger partial charge is 0.383 e. The van der Waals surface area contributed by atoms with Crippen molar-refractivity contribution in [1.29, 1.82) is 0 Å². The molecule has 27 heavy (non-hydrogen) atoms. The summed E-state index contributed by atoms with van der Waals surface area (Å²) in [6, 6.07) is 16.7. The summed E-state index contributed by atoms with van der Waals surface area (Å²) < 4.78 is 20.5. The number of benzene rings is 2. The average molecular weight is 365 g/mol. The zero-order valence-corrected chi connectivity index (χ0v) is 15.7. The summed E-state index contributed by atoms with van der Waals surface area (Å²) in [5, 5.41) is 3.40. The van der Waals surface area contributed by atoms with E-state index < -0.39 is 0 Å². The number of rotatable bonds is 8. The minimum Gasteiger partial charge on any atom is -0.383 e. The van der Waals surface area contributed by atoms with Crippen molar-refractivity contribution in [2.45, 2.75) is 13.5 Å². The second-order valence-electron chi connectivity index (χ2n) is 6.37. The summed E-state index contributed by atoms with van der Waals surface area (Å²) in [6.45, 7) is 4.00. The topological polar surface area (TPSA) is 39.1 Å². The molecule has 0 spiro atoms. The Morgan fingerprint density at radius 3 is 2.59 bits per heavy atom. The molecule has 0 radical (unpaired) electrons. The Balaban J connectivity index is 1.78. The molecule has 2 aromatic carbocycles. The fourth-order valence-corrected chi connectivity index (χ4v) is 2.88. The predicted molar refractivity (Wildman–Crippen MR) is 108 cm³/mol. The van der Waals surface area contributed by atoms with E-state index in [4.69, 9.17) is 4.74 Å². The van der Waals surface area contributed by atoms with Gasteiger partial charge in [0.05, 0.1) is 18.5 Å². The number of hydrogen-bond donors (Lipinski definition) is 1. The summed E-state index contributed by atoms with van der Waals surface area (Å²) in [5.41, 5.74) is 4.22. The third-order valence-electron chi connectivity index (χ3n) is 4.25. The molecule has 0 saturated heterocycles. The molecule has 0 aliphatic rings. The lowest BCUT2D eigenvalue weighted by Crippen LogP contribution is -2.13. The molecule has 0 aliphatic heterocycles. The highest BCUT2D eigenvalue weighted by atomic mass is 19.1. The third-order valence-corrected chi connectivity index (χ3v) is 4.25. The van der Waals surface area contributed by atoms with Gasteiger partial charge in [0.15, 0.2) is 0 Å². The molecule has 0 amide bonds. The van der Waals surface area contributed by atoms with Crippen molar-refractivity contribution >= 4 is 12.0 Å². The summed E-state index contributed by atoms with van der Waals surface area (Å²) in [4.78, 5) is 4.52. The fourth-order valence-electron chi connectivity index (χ4n) is 2.88. The average Bonchev–Trinajstić information content (AvgIpc) is 3.09. The first-order chi connectivity index (χ1) is 13.2. The number of imidazole rings is 1. The Kier molecular flexibility index (Phi) is 6.39. The van der Waals surface area contributed by atoms with Crippen molar-refractivity contribution in [3.8, 4) is 11.3 Å². The van der Waals surface area contributed by atoms with Gasteiger partial charge < -0.3 is 14.6 Å². The molecule has 1 heterocycles. The second-order valence-corrected chi connectivity index (χ2v) is 6.37. The van der Waals surface area contributed by atoms with Crippen LogP contribution in [-0.4, -0.2) is 29.8 Å². The number of nitrogens with zero attached hydrogens (tertiary/aromatic N) is 2. The van der Waals surface area contributed by atoms with E-state index in [9.17, 15) is 4.39 Å². The van der Waals surface area contributed by atoms with Gasteiger partial charge in [-0.2, -0.15) is 0 Å². The summed E-state index contributed by atoms with van der Waals surface area (Å²) in [5.74, 6) is 0.522. The number of halogens is 1. The molecule has 5 heteroatoms. The summed E-state index contributed by atoms with van der Waals surface area (Å²) in [6.07, 6.45) is 3.96. The van der Waals surface area contributed by atoms with Gasteiger partial charge in [0.2, 0.25) is 5.95 Å². The Hall–Kier alpha value is -2.92. The first-order valence-electron chi connectivity index (χ1n) is 8.94. The van der Waals surface area contributed by atoms with Crippen molar-refractivity contribution in [2.24, 2.45) is 0 Å². The van der Waals surface area contributed by atoms with Crippen molar-refractivity contribution in [3.63, 3.8) is 0 Å². The highest BCUT2D eigenvalue weighted by molar-refractivity contribution is 5.62. The van der Waals surface area contributed by atoms with Gasteiger partial charge in [0.25, 0.3) is 0 Å². The highest BCUT2D eigenvalue weighted by Crippen LogP contribution is 2.24. The number of ether oxygens (including phenoxy) is 1. The Labute approximate surface area is 159 Å².